The van der Waals surface area contributed by atoms with Crippen LogP contribution in [0.2, 0.25) is 0 Å². The van der Waals surface area contributed by atoms with Gasteiger partial charge in [0, 0.05) is 6.04 Å². The molecule has 2 rings (SSSR count). The van der Waals surface area contributed by atoms with Gasteiger partial charge in [0.25, 0.3) is 5.91 Å². The Labute approximate surface area is 105 Å². The standard InChI is InChI=1S/C13H16F2N2O/c1-8-7-16-6-5-11(8)17-13(18)9-3-2-4-10(14)12(9)15/h2-4,8,11,16H,5-7H2,1H3,(H,17,18)/t8-,11+/m1/s1. The van der Waals surface area contributed by atoms with Crippen molar-refractivity contribution in [2.75, 3.05) is 13.1 Å². The zero-order valence-electron chi connectivity index (χ0n) is 10.2. The minimum Gasteiger partial charge on any atom is -0.349 e. The van der Waals surface area contributed by atoms with Crippen LogP contribution in [0.3, 0.4) is 0 Å². The first-order chi connectivity index (χ1) is 8.59. The predicted molar refractivity (Wildman–Crippen MR) is 64.3 cm³/mol. The van der Waals surface area contributed by atoms with Crippen LogP contribution in [0.15, 0.2) is 18.2 Å². The van der Waals surface area contributed by atoms with Crippen LogP contribution >= 0.6 is 0 Å². The number of hydrogen-bond donors (Lipinski definition) is 2. The molecule has 1 fully saturated rings. The van der Waals surface area contributed by atoms with Gasteiger partial charge in [0.15, 0.2) is 11.6 Å². The zero-order chi connectivity index (χ0) is 13.1. The van der Waals surface area contributed by atoms with E-state index in [9.17, 15) is 13.6 Å². The molecule has 0 aliphatic carbocycles. The van der Waals surface area contributed by atoms with E-state index in [0.29, 0.717) is 0 Å². The molecule has 0 radical (unpaired) electrons. The Hall–Kier alpha value is -1.49. The topological polar surface area (TPSA) is 41.1 Å². The molecule has 1 aliphatic heterocycles. The van der Waals surface area contributed by atoms with Crippen molar-refractivity contribution >= 4 is 5.91 Å². The van der Waals surface area contributed by atoms with Crippen LogP contribution in [0.25, 0.3) is 0 Å². The Morgan fingerprint density at radius 1 is 1.44 bits per heavy atom. The summed E-state index contributed by atoms with van der Waals surface area (Å²) in [5.41, 5.74) is -0.235. The third kappa shape index (κ3) is 2.67. The Kier molecular flexibility index (Phi) is 3.91. The third-order valence-electron chi connectivity index (χ3n) is 3.30. The van der Waals surface area contributed by atoms with Crippen LogP contribution in [-0.4, -0.2) is 25.0 Å². The molecule has 1 saturated heterocycles. The van der Waals surface area contributed by atoms with Crippen LogP contribution in [0.5, 0.6) is 0 Å². The van der Waals surface area contributed by atoms with Crippen LogP contribution < -0.4 is 10.6 Å². The number of hydrogen-bond acceptors (Lipinski definition) is 2. The highest BCUT2D eigenvalue weighted by atomic mass is 19.2. The molecule has 0 saturated carbocycles. The van der Waals surface area contributed by atoms with Crippen LogP contribution in [0.4, 0.5) is 8.78 Å². The third-order valence-corrected chi connectivity index (χ3v) is 3.30. The molecule has 2 atom stereocenters. The Bertz CT molecular complexity index is 451. The number of carbonyl (C=O) groups excluding carboxylic acids is 1. The summed E-state index contributed by atoms with van der Waals surface area (Å²) in [5.74, 6) is -2.36. The summed E-state index contributed by atoms with van der Waals surface area (Å²) in [4.78, 5) is 11.9. The molecule has 0 bridgehead atoms. The van der Waals surface area contributed by atoms with E-state index in [-0.39, 0.29) is 17.5 Å². The first kappa shape index (κ1) is 13.0. The van der Waals surface area contributed by atoms with Crippen LogP contribution in [0, 0.1) is 17.6 Å². The molecule has 2 N–H and O–H groups in total. The van der Waals surface area contributed by atoms with E-state index in [4.69, 9.17) is 0 Å². The number of rotatable bonds is 2. The van der Waals surface area contributed by atoms with Gasteiger partial charge >= 0.3 is 0 Å². The molecule has 0 aromatic heterocycles. The minimum atomic E-state index is -1.09. The fraction of sp³-hybridized carbons (Fsp3) is 0.462. The maximum absolute atomic E-state index is 13.5. The highest BCUT2D eigenvalue weighted by Gasteiger charge is 2.24. The van der Waals surface area contributed by atoms with Gasteiger partial charge in [-0.2, -0.15) is 0 Å². The van der Waals surface area contributed by atoms with Gasteiger partial charge in [-0.15, -0.1) is 0 Å². The number of amides is 1. The monoisotopic (exact) mass is 254 g/mol. The molecule has 1 amide bonds. The van der Waals surface area contributed by atoms with Crippen LogP contribution in [0.1, 0.15) is 23.7 Å². The molecule has 1 aromatic carbocycles. The van der Waals surface area contributed by atoms with Gasteiger partial charge in [-0.1, -0.05) is 13.0 Å². The molecule has 1 aliphatic rings. The maximum Gasteiger partial charge on any atom is 0.254 e. The lowest BCUT2D eigenvalue weighted by Crippen LogP contribution is -2.48. The van der Waals surface area contributed by atoms with E-state index >= 15 is 0 Å². The van der Waals surface area contributed by atoms with Crippen molar-refractivity contribution < 1.29 is 13.6 Å². The quantitative estimate of drug-likeness (QED) is 0.843. The predicted octanol–water partition coefficient (Wildman–Crippen LogP) is 1.69. The van der Waals surface area contributed by atoms with E-state index in [2.05, 4.69) is 10.6 Å². The van der Waals surface area contributed by atoms with Gasteiger partial charge in [-0.25, -0.2) is 8.78 Å². The summed E-state index contributed by atoms with van der Waals surface area (Å²) in [5, 5.41) is 5.98. The summed E-state index contributed by atoms with van der Waals surface area (Å²) in [6.07, 6.45) is 0.795. The molecule has 0 unspecified atom stereocenters. The Morgan fingerprint density at radius 2 is 2.22 bits per heavy atom. The van der Waals surface area contributed by atoms with E-state index in [1.54, 1.807) is 0 Å². The average molecular weight is 254 g/mol. The Balaban J connectivity index is 2.09. The van der Waals surface area contributed by atoms with Crippen molar-refractivity contribution in [3.8, 4) is 0 Å². The fourth-order valence-corrected chi connectivity index (χ4v) is 2.15. The second kappa shape index (κ2) is 5.44. The van der Waals surface area contributed by atoms with Crippen LogP contribution in [-0.2, 0) is 0 Å². The zero-order valence-corrected chi connectivity index (χ0v) is 10.2. The number of carbonyl (C=O) groups is 1. The number of benzene rings is 1. The van der Waals surface area contributed by atoms with Crippen molar-refractivity contribution in [1.82, 2.24) is 10.6 Å². The second-order valence-corrected chi connectivity index (χ2v) is 4.65. The number of piperidine rings is 1. The molecule has 0 spiro atoms. The smallest absolute Gasteiger partial charge is 0.254 e. The summed E-state index contributed by atoms with van der Waals surface area (Å²) in [7, 11) is 0. The van der Waals surface area contributed by atoms with E-state index in [0.717, 1.165) is 25.6 Å². The van der Waals surface area contributed by atoms with E-state index in [1.165, 1.54) is 12.1 Å². The number of halogens is 2. The van der Waals surface area contributed by atoms with Gasteiger partial charge in [0.05, 0.1) is 5.56 Å². The second-order valence-electron chi connectivity index (χ2n) is 4.65. The molecule has 1 aromatic rings. The first-order valence-corrected chi connectivity index (χ1v) is 6.05. The summed E-state index contributed by atoms with van der Waals surface area (Å²) in [6.45, 7) is 3.65. The lowest BCUT2D eigenvalue weighted by atomic mass is 9.95. The highest BCUT2D eigenvalue weighted by Crippen LogP contribution is 2.14. The van der Waals surface area contributed by atoms with Crippen molar-refractivity contribution in [2.24, 2.45) is 5.92 Å². The molecule has 3 nitrogen and oxygen atoms in total. The normalized spacial score (nSPS) is 23.7. The first-order valence-electron chi connectivity index (χ1n) is 6.05. The molecule has 1 heterocycles. The largest absolute Gasteiger partial charge is 0.349 e. The summed E-state index contributed by atoms with van der Waals surface area (Å²) >= 11 is 0. The van der Waals surface area contributed by atoms with Gasteiger partial charge in [-0.05, 0) is 37.6 Å². The lowest BCUT2D eigenvalue weighted by molar-refractivity contribution is 0.0909. The van der Waals surface area contributed by atoms with Gasteiger partial charge < -0.3 is 10.6 Å². The van der Waals surface area contributed by atoms with E-state index in [1.807, 2.05) is 6.92 Å². The van der Waals surface area contributed by atoms with Crippen molar-refractivity contribution in [2.45, 2.75) is 19.4 Å². The molecular weight excluding hydrogens is 238 g/mol. The van der Waals surface area contributed by atoms with Gasteiger partial charge in [0.2, 0.25) is 0 Å². The van der Waals surface area contributed by atoms with Crippen molar-refractivity contribution in [1.29, 1.82) is 0 Å². The van der Waals surface area contributed by atoms with Gasteiger partial charge in [-0.3, -0.25) is 4.79 Å². The molecule has 18 heavy (non-hydrogen) atoms. The SMILES string of the molecule is C[C@@H]1CNCC[C@@H]1NC(=O)c1cccc(F)c1F. The maximum atomic E-state index is 13.5. The Morgan fingerprint density at radius 3 is 2.94 bits per heavy atom. The summed E-state index contributed by atoms with van der Waals surface area (Å²) < 4.78 is 26.5. The fourth-order valence-electron chi connectivity index (χ4n) is 2.15. The van der Waals surface area contributed by atoms with E-state index < -0.39 is 17.5 Å². The molecule has 5 heteroatoms. The van der Waals surface area contributed by atoms with Crippen molar-refractivity contribution in [3.05, 3.63) is 35.4 Å². The summed E-state index contributed by atoms with van der Waals surface area (Å²) in [6, 6.07) is 3.62. The number of nitrogens with one attached hydrogen (secondary N) is 2. The van der Waals surface area contributed by atoms with Crippen molar-refractivity contribution in [3.63, 3.8) is 0 Å². The highest BCUT2D eigenvalue weighted by molar-refractivity contribution is 5.94. The van der Waals surface area contributed by atoms with Gasteiger partial charge in [0.1, 0.15) is 0 Å². The molecule has 98 valence electrons. The average Bonchev–Trinajstić information content (AvgIpc) is 2.35. The minimum absolute atomic E-state index is 0.00131. The molecular formula is C13H16F2N2O. The lowest BCUT2D eigenvalue weighted by Gasteiger charge is -2.30.